The number of nitrogens with two attached hydrogens (primary N) is 1. The molecule has 0 bridgehead atoms. The Bertz CT molecular complexity index is 708. The molecule has 0 spiro atoms. The monoisotopic (exact) mass is 284 g/mol. The van der Waals surface area contributed by atoms with Gasteiger partial charge in [-0.3, -0.25) is 9.78 Å². The van der Waals surface area contributed by atoms with Crippen molar-refractivity contribution in [3.63, 3.8) is 0 Å². The largest absolute Gasteiger partial charge is 0.409 e. The van der Waals surface area contributed by atoms with E-state index in [1.165, 1.54) is 0 Å². The average molecular weight is 284 g/mol. The summed E-state index contributed by atoms with van der Waals surface area (Å²) in [5, 5.41) is 13.7. The summed E-state index contributed by atoms with van der Waals surface area (Å²) >= 11 is 0. The first kappa shape index (κ1) is 13.4. The molecule has 108 valence electrons. The van der Waals surface area contributed by atoms with Gasteiger partial charge in [0.1, 0.15) is 5.69 Å². The summed E-state index contributed by atoms with van der Waals surface area (Å²) in [6, 6.07) is 9.14. The van der Waals surface area contributed by atoms with Gasteiger partial charge in [-0.05, 0) is 24.3 Å². The van der Waals surface area contributed by atoms with Crippen LogP contribution < -0.4 is 5.73 Å². The summed E-state index contributed by atoms with van der Waals surface area (Å²) in [5.74, 6) is -0.109. The van der Waals surface area contributed by atoms with Gasteiger partial charge in [-0.2, -0.15) is 0 Å². The third-order valence-corrected chi connectivity index (χ3v) is 3.85. The molecule has 3 rings (SSSR count). The van der Waals surface area contributed by atoms with Crippen LogP contribution in [0.3, 0.4) is 0 Å². The Morgan fingerprint density at radius 1 is 1.38 bits per heavy atom. The molecule has 0 radical (unpaired) electrons. The number of pyridine rings is 1. The van der Waals surface area contributed by atoms with Crippen LogP contribution >= 0.6 is 0 Å². The number of hydrogen-bond acceptors (Lipinski definition) is 4. The van der Waals surface area contributed by atoms with Crippen molar-refractivity contribution in [1.82, 2.24) is 9.88 Å². The molecular formula is C15H16N4O2. The summed E-state index contributed by atoms with van der Waals surface area (Å²) in [6.45, 7) is 0.588. The second-order valence-corrected chi connectivity index (χ2v) is 5.06. The second-order valence-electron chi connectivity index (χ2n) is 5.06. The summed E-state index contributed by atoms with van der Waals surface area (Å²) < 4.78 is 0. The summed E-state index contributed by atoms with van der Waals surface area (Å²) in [7, 11) is 0. The molecule has 0 saturated carbocycles. The molecule has 1 unspecified atom stereocenters. The van der Waals surface area contributed by atoms with Crippen LogP contribution in [-0.2, 0) is 0 Å². The highest BCUT2D eigenvalue weighted by atomic mass is 16.4. The third kappa shape index (κ3) is 2.29. The Morgan fingerprint density at radius 2 is 2.19 bits per heavy atom. The molecule has 6 nitrogen and oxygen atoms in total. The topological polar surface area (TPSA) is 91.8 Å². The van der Waals surface area contributed by atoms with Crippen LogP contribution in [0.5, 0.6) is 0 Å². The molecular weight excluding hydrogens is 268 g/mol. The zero-order valence-corrected chi connectivity index (χ0v) is 11.4. The fourth-order valence-electron chi connectivity index (χ4n) is 2.81. The van der Waals surface area contributed by atoms with Crippen molar-refractivity contribution in [1.29, 1.82) is 0 Å². The van der Waals surface area contributed by atoms with Gasteiger partial charge in [-0.15, -0.1) is 0 Å². The SMILES string of the molecule is NC(=NO)C1CCCN1C(=O)c1nccc2ccccc12. The first-order chi connectivity index (χ1) is 10.2. The summed E-state index contributed by atoms with van der Waals surface area (Å²) in [5.41, 5.74) is 6.09. The molecule has 1 amide bonds. The molecule has 1 aliphatic heterocycles. The number of carbonyl (C=O) groups excluding carboxylic acids is 1. The first-order valence-corrected chi connectivity index (χ1v) is 6.84. The van der Waals surface area contributed by atoms with Gasteiger partial charge in [0, 0.05) is 18.1 Å². The number of amides is 1. The predicted molar refractivity (Wildman–Crippen MR) is 79.2 cm³/mol. The van der Waals surface area contributed by atoms with E-state index in [2.05, 4.69) is 10.1 Å². The Morgan fingerprint density at radius 3 is 3.00 bits per heavy atom. The number of oxime groups is 1. The number of likely N-dealkylation sites (tertiary alicyclic amines) is 1. The minimum absolute atomic E-state index is 0.0705. The van der Waals surface area contributed by atoms with E-state index in [9.17, 15) is 4.79 Å². The van der Waals surface area contributed by atoms with Gasteiger partial charge < -0.3 is 15.8 Å². The van der Waals surface area contributed by atoms with Gasteiger partial charge in [0.15, 0.2) is 5.84 Å². The predicted octanol–water partition coefficient (Wildman–Crippen LogP) is 1.59. The molecule has 0 aliphatic carbocycles. The van der Waals surface area contributed by atoms with Crippen LogP contribution in [0.2, 0.25) is 0 Å². The number of fused-ring (bicyclic) bond motifs is 1. The molecule has 6 heteroatoms. The van der Waals surface area contributed by atoms with E-state index in [-0.39, 0.29) is 17.8 Å². The van der Waals surface area contributed by atoms with Gasteiger partial charge in [-0.25, -0.2) is 0 Å². The van der Waals surface area contributed by atoms with Crippen LogP contribution in [0.1, 0.15) is 23.3 Å². The number of aromatic nitrogens is 1. The fourth-order valence-corrected chi connectivity index (χ4v) is 2.81. The quantitative estimate of drug-likeness (QED) is 0.379. The van der Waals surface area contributed by atoms with Crippen LogP contribution in [0, 0.1) is 0 Å². The van der Waals surface area contributed by atoms with Gasteiger partial charge in [0.2, 0.25) is 0 Å². The summed E-state index contributed by atoms with van der Waals surface area (Å²) in [6.07, 6.45) is 3.16. The maximum absolute atomic E-state index is 12.8. The lowest BCUT2D eigenvalue weighted by atomic mass is 10.1. The van der Waals surface area contributed by atoms with Crippen molar-refractivity contribution in [3.8, 4) is 0 Å². The Kier molecular flexibility index (Phi) is 3.43. The Hall–Kier alpha value is -2.63. The molecule has 2 heterocycles. The van der Waals surface area contributed by atoms with Crippen molar-refractivity contribution >= 4 is 22.5 Å². The van der Waals surface area contributed by atoms with E-state index in [0.29, 0.717) is 18.7 Å². The zero-order valence-electron chi connectivity index (χ0n) is 11.4. The molecule has 21 heavy (non-hydrogen) atoms. The van der Waals surface area contributed by atoms with E-state index in [1.807, 2.05) is 30.3 Å². The molecule has 3 N–H and O–H groups in total. The van der Waals surface area contributed by atoms with Crippen LogP contribution in [0.15, 0.2) is 41.7 Å². The highest BCUT2D eigenvalue weighted by Gasteiger charge is 2.33. The highest BCUT2D eigenvalue weighted by molar-refractivity contribution is 6.06. The second kappa shape index (κ2) is 5.40. The average Bonchev–Trinajstić information content (AvgIpc) is 3.02. The fraction of sp³-hybridized carbons (Fsp3) is 0.267. The standard InChI is InChI=1S/C15H16N4O2/c16-14(18-21)12-6-3-9-19(12)15(20)13-11-5-2-1-4-10(11)7-8-17-13/h1-2,4-5,7-8,12,21H,3,6,9H2,(H2,16,18). The lowest BCUT2D eigenvalue weighted by molar-refractivity contribution is 0.0764. The van der Waals surface area contributed by atoms with Gasteiger partial charge in [0.25, 0.3) is 5.91 Å². The van der Waals surface area contributed by atoms with Crippen LogP contribution in [0.4, 0.5) is 0 Å². The van der Waals surface area contributed by atoms with Crippen LogP contribution in [0.25, 0.3) is 10.8 Å². The van der Waals surface area contributed by atoms with Crippen molar-refractivity contribution < 1.29 is 10.0 Å². The minimum atomic E-state index is -0.358. The van der Waals surface area contributed by atoms with Gasteiger partial charge in [-0.1, -0.05) is 29.4 Å². The minimum Gasteiger partial charge on any atom is -0.409 e. The number of amidine groups is 1. The van der Waals surface area contributed by atoms with E-state index < -0.39 is 0 Å². The number of carbonyl (C=O) groups is 1. The van der Waals surface area contributed by atoms with Crippen molar-refractivity contribution in [2.45, 2.75) is 18.9 Å². The van der Waals surface area contributed by atoms with Crippen molar-refractivity contribution in [3.05, 3.63) is 42.2 Å². The third-order valence-electron chi connectivity index (χ3n) is 3.85. The first-order valence-electron chi connectivity index (χ1n) is 6.84. The number of rotatable bonds is 2. The Balaban J connectivity index is 2.01. The lowest BCUT2D eigenvalue weighted by Crippen LogP contribution is -2.44. The van der Waals surface area contributed by atoms with Gasteiger partial charge >= 0.3 is 0 Å². The van der Waals surface area contributed by atoms with Gasteiger partial charge in [0.05, 0.1) is 6.04 Å². The normalized spacial score (nSPS) is 19.1. The number of nitrogens with zero attached hydrogens (tertiary/aromatic N) is 3. The van der Waals surface area contributed by atoms with Crippen LogP contribution in [-0.4, -0.2) is 39.4 Å². The van der Waals surface area contributed by atoms with E-state index in [0.717, 1.165) is 17.2 Å². The molecule has 1 aromatic carbocycles. The molecule has 1 aliphatic rings. The molecule has 1 aromatic heterocycles. The van der Waals surface area contributed by atoms with Crippen molar-refractivity contribution in [2.24, 2.45) is 10.9 Å². The molecule has 1 atom stereocenters. The molecule has 2 aromatic rings. The van der Waals surface area contributed by atoms with E-state index >= 15 is 0 Å². The summed E-state index contributed by atoms with van der Waals surface area (Å²) in [4.78, 5) is 18.6. The maximum Gasteiger partial charge on any atom is 0.273 e. The number of benzene rings is 1. The zero-order chi connectivity index (χ0) is 14.8. The Labute approximate surface area is 121 Å². The van der Waals surface area contributed by atoms with Crippen molar-refractivity contribution in [2.75, 3.05) is 6.54 Å². The smallest absolute Gasteiger partial charge is 0.273 e. The lowest BCUT2D eigenvalue weighted by Gasteiger charge is -2.23. The van der Waals surface area contributed by atoms with E-state index in [1.54, 1.807) is 11.1 Å². The molecule has 1 fully saturated rings. The highest BCUT2D eigenvalue weighted by Crippen LogP contribution is 2.23. The van der Waals surface area contributed by atoms with E-state index in [4.69, 9.17) is 10.9 Å². The maximum atomic E-state index is 12.8. The molecule has 1 saturated heterocycles. The number of hydrogen-bond donors (Lipinski definition) is 2.